The van der Waals surface area contributed by atoms with Crippen molar-refractivity contribution in [3.05, 3.63) is 46.7 Å². The fourth-order valence-electron chi connectivity index (χ4n) is 4.55. The van der Waals surface area contributed by atoms with E-state index in [1.165, 1.54) is 35.6 Å². The average molecular weight is 459 g/mol. The number of rotatable bonds is 4. The van der Waals surface area contributed by atoms with E-state index in [-0.39, 0.29) is 29.9 Å². The number of fused-ring (bicyclic) bond motifs is 1. The summed E-state index contributed by atoms with van der Waals surface area (Å²) in [6, 6.07) is 8.27. The fourth-order valence-corrected chi connectivity index (χ4v) is 4.67. The van der Waals surface area contributed by atoms with Crippen LogP contribution in [0.3, 0.4) is 0 Å². The first-order chi connectivity index (χ1) is 15.3. The molecule has 8 nitrogen and oxygen atoms in total. The van der Waals surface area contributed by atoms with Gasteiger partial charge in [0, 0.05) is 22.8 Å². The Morgan fingerprint density at radius 3 is 2.44 bits per heavy atom. The number of esters is 1. The van der Waals surface area contributed by atoms with E-state index in [2.05, 4.69) is 10.4 Å². The molecule has 0 radical (unpaired) electrons. The Morgan fingerprint density at radius 2 is 1.81 bits per heavy atom. The molecule has 2 aromatic rings. The van der Waals surface area contributed by atoms with E-state index in [4.69, 9.17) is 16.3 Å². The molecule has 0 bridgehead atoms. The van der Waals surface area contributed by atoms with Crippen molar-refractivity contribution in [3.63, 3.8) is 0 Å². The minimum absolute atomic E-state index is 0.0281. The van der Waals surface area contributed by atoms with Crippen LogP contribution >= 0.6 is 11.6 Å². The Hall–Kier alpha value is -2.87. The van der Waals surface area contributed by atoms with Crippen molar-refractivity contribution < 1.29 is 19.1 Å². The first-order valence-corrected chi connectivity index (χ1v) is 11.3. The second-order valence-corrected chi connectivity index (χ2v) is 9.05. The molecule has 0 spiro atoms. The third kappa shape index (κ3) is 4.11. The maximum absolute atomic E-state index is 13.6. The monoisotopic (exact) mass is 458 g/mol. The van der Waals surface area contributed by atoms with Crippen LogP contribution in [-0.2, 0) is 16.1 Å². The predicted octanol–water partition coefficient (Wildman–Crippen LogP) is 3.58. The van der Waals surface area contributed by atoms with Gasteiger partial charge >= 0.3 is 5.97 Å². The molecule has 4 rings (SSSR count). The van der Waals surface area contributed by atoms with Gasteiger partial charge in [0.1, 0.15) is 11.2 Å². The molecule has 1 unspecified atom stereocenters. The van der Waals surface area contributed by atoms with Crippen molar-refractivity contribution in [2.24, 2.45) is 0 Å². The third-order valence-electron chi connectivity index (χ3n) is 6.31. The normalized spacial score (nSPS) is 21.6. The quantitative estimate of drug-likeness (QED) is 0.558. The largest absolute Gasteiger partial charge is 0.464 e. The van der Waals surface area contributed by atoms with Gasteiger partial charge in [-0.05, 0) is 44.0 Å². The average Bonchev–Trinajstić information content (AvgIpc) is 3.03. The van der Waals surface area contributed by atoms with Crippen LogP contribution in [0.25, 0.3) is 0 Å². The molecule has 2 aliphatic rings. The predicted molar refractivity (Wildman–Crippen MR) is 120 cm³/mol. The van der Waals surface area contributed by atoms with E-state index in [0.717, 1.165) is 25.7 Å². The summed E-state index contributed by atoms with van der Waals surface area (Å²) in [7, 11) is 1.26. The van der Waals surface area contributed by atoms with E-state index in [0.29, 0.717) is 10.7 Å². The SMILES string of the molecule is COC(=O)c1cc2n(n1)CC(C)(C(=O)NC1CCCCCC1)N(c1ccc(Cl)cc1)C2=O. The zero-order valence-corrected chi connectivity index (χ0v) is 19.0. The van der Waals surface area contributed by atoms with Gasteiger partial charge < -0.3 is 10.1 Å². The van der Waals surface area contributed by atoms with Crippen molar-refractivity contribution in [1.29, 1.82) is 0 Å². The second kappa shape index (κ2) is 8.94. The number of nitrogens with zero attached hydrogens (tertiary/aromatic N) is 3. The molecular weight excluding hydrogens is 432 g/mol. The van der Waals surface area contributed by atoms with Gasteiger partial charge in [0.25, 0.3) is 5.91 Å². The van der Waals surface area contributed by atoms with Crippen LogP contribution in [0.5, 0.6) is 0 Å². The number of hydrogen-bond acceptors (Lipinski definition) is 5. The highest BCUT2D eigenvalue weighted by molar-refractivity contribution is 6.30. The van der Waals surface area contributed by atoms with E-state index >= 15 is 0 Å². The number of nitrogens with one attached hydrogen (secondary N) is 1. The molecule has 0 saturated heterocycles. The zero-order valence-electron chi connectivity index (χ0n) is 18.3. The molecule has 9 heteroatoms. The molecule has 2 heterocycles. The standard InChI is InChI=1S/C23H27ClN4O4/c1-23(22(31)25-16-7-5-3-4-6-8-16)14-27-19(13-18(26-27)21(30)32-2)20(29)28(23)17-11-9-15(24)10-12-17/h9-13,16H,3-8,14H2,1-2H3,(H,25,31). The van der Waals surface area contributed by atoms with E-state index < -0.39 is 17.4 Å². The number of ether oxygens (including phenoxy) is 1. The van der Waals surface area contributed by atoms with E-state index in [9.17, 15) is 14.4 Å². The Kier molecular flexibility index (Phi) is 6.24. The van der Waals surface area contributed by atoms with Crippen LogP contribution in [0.1, 0.15) is 66.4 Å². The summed E-state index contributed by atoms with van der Waals surface area (Å²) < 4.78 is 6.18. The van der Waals surface area contributed by atoms with Crippen LogP contribution in [0.15, 0.2) is 30.3 Å². The Bertz CT molecular complexity index is 1030. The van der Waals surface area contributed by atoms with Crippen molar-refractivity contribution >= 4 is 35.1 Å². The van der Waals surface area contributed by atoms with Gasteiger partial charge in [0.05, 0.1) is 13.7 Å². The number of benzene rings is 1. The van der Waals surface area contributed by atoms with Gasteiger partial charge in [0.2, 0.25) is 5.91 Å². The summed E-state index contributed by atoms with van der Waals surface area (Å²) in [5.41, 5.74) is -0.450. The lowest BCUT2D eigenvalue weighted by atomic mass is 9.93. The highest BCUT2D eigenvalue weighted by Gasteiger charge is 2.49. The van der Waals surface area contributed by atoms with Crippen molar-refractivity contribution in [2.75, 3.05) is 12.0 Å². The van der Waals surface area contributed by atoms with Crippen LogP contribution in [0.2, 0.25) is 5.02 Å². The van der Waals surface area contributed by atoms with Crippen LogP contribution in [0, 0.1) is 0 Å². The van der Waals surface area contributed by atoms with Crippen LogP contribution < -0.4 is 10.2 Å². The van der Waals surface area contributed by atoms with Gasteiger partial charge in [-0.1, -0.05) is 37.3 Å². The highest BCUT2D eigenvalue weighted by atomic mass is 35.5. The molecule has 1 aliphatic carbocycles. The third-order valence-corrected chi connectivity index (χ3v) is 6.56. The van der Waals surface area contributed by atoms with Gasteiger partial charge in [-0.2, -0.15) is 5.10 Å². The van der Waals surface area contributed by atoms with Gasteiger partial charge in [-0.3, -0.25) is 19.2 Å². The van der Waals surface area contributed by atoms with E-state index in [1.54, 1.807) is 31.2 Å². The van der Waals surface area contributed by atoms with Gasteiger partial charge in [0.15, 0.2) is 5.69 Å². The van der Waals surface area contributed by atoms with E-state index in [1.807, 2.05) is 0 Å². The molecule has 1 N–H and O–H groups in total. The number of halogens is 1. The lowest BCUT2D eigenvalue weighted by molar-refractivity contribution is -0.127. The number of anilines is 1. The fraction of sp³-hybridized carbons (Fsp3) is 0.478. The number of methoxy groups -OCH3 is 1. The first kappa shape index (κ1) is 22.3. The number of carbonyl (C=O) groups excluding carboxylic acids is 3. The molecule has 32 heavy (non-hydrogen) atoms. The molecular formula is C23H27ClN4O4. The lowest BCUT2D eigenvalue weighted by Gasteiger charge is -2.43. The van der Waals surface area contributed by atoms with Crippen molar-refractivity contribution in [1.82, 2.24) is 15.1 Å². The number of carbonyl (C=O) groups is 3. The maximum Gasteiger partial charge on any atom is 0.358 e. The maximum atomic E-state index is 13.6. The zero-order chi connectivity index (χ0) is 22.9. The summed E-state index contributed by atoms with van der Waals surface area (Å²) in [4.78, 5) is 40.7. The summed E-state index contributed by atoms with van der Waals surface area (Å²) in [5.74, 6) is -1.30. The molecule has 2 amide bonds. The molecule has 1 saturated carbocycles. The lowest BCUT2D eigenvalue weighted by Crippen LogP contribution is -2.65. The Labute approximate surface area is 191 Å². The minimum Gasteiger partial charge on any atom is -0.464 e. The molecule has 1 fully saturated rings. The summed E-state index contributed by atoms with van der Waals surface area (Å²) in [6.07, 6.45) is 6.35. The summed E-state index contributed by atoms with van der Waals surface area (Å²) in [6.45, 7) is 1.83. The summed E-state index contributed by atoms with van der Waals surface area (Å²) >= 11 is 6.05. The Balaban J connectivity index is 1.73. The summed E-state index contributed by atoms with van der Waals surface area (Å²) in [5, 5.41) is 7.96. The molecule has 1 aliphatic heterocycles. The number of aromatic nitrogens is 2. The molecule has 1 atom stereocenters. The van der Waals surface area contributed by atoms with Crippen LogP contribution in [-0.4, -0.2) is 46.3 Å². The van der Waals surface area contributed by atoms with Crippen LogP contribution in [0.4, 0.5) is 5.69 Å². The minimum atomic E-state index is -1.25. The second-order valence-electron chi connectivity index (χ2n) is 8.62. The van der Waals surface area contributed by atoms with Gasteiger partial charge in [-0.15, -0.1) is 0 Å². The molecule has 1 aromatic heterocycles. The number of amides is 2. The topological polar surface area (TPSA) is 93.5 Å². The Morgan fingerprint density at radius 1 is 1.16 bits per heavy atom. The highest BCUT2D eigenvalue weighted by Crippen LogP contribution is 2.34. The van der Waals surface area contributed by atoms with Crippen molar-refractivity contribution in [2.45, 2.75) is 63.6 Å². The first-order valence-electron chi connectivity index (χ1n) is 10.9. The smallest absolute Gasteiger partial charge is 0.358 e. The number of hydrogen-bond donors (Lipinski definition) is 1. The van der Waals surface area contributed by atoms with Gasteiger partial charge in [-0.25, -0.2) is 4.79 Å². The van der Waals surface area contributed by atoms with Crippen molar-refractivity contribution in [3.8, 4) is 0 Å². The molecule has 1 aromatic carbocycles. The molecule has 170 valence electrons.